The van der Waals surface area contributed by atoms with Crippen LogP contribution in [0.15, 0.2) is 95.8 Å². The molecule has 252 valence electrons. The average Bonchev–Trinajstić information content (AvgIpc) is 3.43. The molecular weight excluding hydrogens is 606 g/mol. The van der Waals surface area contributed by atoms with Gasteiger partial charge in [-0.25, -0.2) is 9.97 Å². The summed E-state index contributed by atoms with van der Waals surface area (Å²) in [6.45, 7) is 13.2. The van der Waals surface area contributed by atoms with E-state index in [9.17, 15) is 4.79 Å². The predicted octanol–water partition coefficient (Wildman–Crippen LogP) is 9.27. The Kier molecular flexibility index (Phi) is 9.12. The summed E-state index contributed by atoms with van der Waals surface area (Å²) in [5.74, 6) is 2.44. The van der Waals surface area contributed by atoms with Crippen molar-refractivity contribution in [3.63, 3.8) is 0 Å². The van der Waals surface area contributed by atoms with E-state index in [4.69, 9.17) is 14.7 Å². The van der Waals surface area contributed by atoms with Crippen LogP contribution in [0.3, 0.4) is 0 Å². The van der Waals surface area contributed by atoms with Crippen LogP contribution in [0.25, 0.3) is 33.5 Å². The first kappa shape index (κ1) is 32.8. The summed E-state index contributed by atoms with van der Waals surface area (Å²) in [7, 11) is 0. The number of hydrogen-bond acceptors (Lipinski definition) is 5. The molecule has 1 saturated heterocycles. The lowest BCUT2D eigenvalue weighted by atomic mass is 9.87. The van der Waals surface area contributed by atoms with Crippen molar-refractivity contribution < 1.29 is 4.74 Å². The van der Waals surface area contributed by atoms with Crippen LogP contribution in [0, 0.1) is 0 Å². The van der Waals surface area contributed by atoms with Gasteiger partial charge in [0.15, 0.2) is 0 Å². The third kappa shape index (κ3) is 7.18. The number of benzene rings is 4. The molecule has 1 N–H and O–H groups in total. The van der Waals surface area contributed by atoms with E-state index < -0.39 is 0 Å². The number of fused-ring (bicyclic) bond motifs is 2. The Hall–Kier alpha value is -4.75. The third-order valence-corrected chi connectivity index (χ3v) is 10.1. The van der Waals surface area contributed by atoms with Gasteiger partial charge in [0.25, 0.3) is 5.56 Å². The molecule has 7 nitrogen and oxygen atoms in total. The number of imidazole rings is 1. The summed E-state index contributed by atoms with van der Waals surface area (Å²) >= 11 is 0. The molecule has 0 amide bonds. The second-order valence-electron chi connectivity index (χ2n) is 14.7. The van der Waals surface area contributed by atoms with E-state index >= 15 is 0 Å². The van der Waals surface area contributed by atoms with Crippen LogP contribution in [0.1, 0.15) is 77.1 Å². The number of H-pyrrole nitrogens is 1. The standard InChI is InChI=1S/C42H47N5O2/c1-28-12-9-13-29(2)46(28)22-11-23-47-39-27-36-35(45-41(48)38(43-36)24-30-14-7-6-8-15-30)26-37(39)44-40(47)31-16-10-17-34(25-31)49-33-20-18-32(19-21-33)42(3,4)5/h6-8,10,14-21,25-29H,9,11-13,22-24H2,1-5H3,(H,45,48). The first-order valence-electron chi connectivity index (χ1n) is 17.7. The Bertz CT molecular complexity index is 2120. The molecule has 0 bridgehead atoms. The smallest absolute Gasteiger partial charge is 0.270 e. The van der Waals surface area contributed by atoms with E-state index in [1.54, 1.807) is 0 Å². The van der Waals surface area contributed by atoms with Crippen molar-refractivity contribution in [2.24, 2.45) is 0 Å². The largest absolute Gasteiger partial charge is 0.457 e. The minimum Gasteiger partial charge on any atom is -0.457 e. The van der Waals surface area contributed by atoms with Crippen LogP contribution in [-0.2, 0) is 18.4 Å². The Morgan fingerprint density at radius 1 is 0.816 bits per heavy atom. The number of ether oxygens (including phenoxy) is 1. The molecule has 7 heteroatoms. The zero-order valence-electron chi connectivity index (χ0n) is 29.4. The highest BCUT2D eigenvalue weighted by atomic mass is 16.5. The number of likely N-dealkylation sites (tertiary alicyclic amines) is 1. The lowest BCUT2D eigenvalue weighted by Gasteiger charge is -2.39. The van der Waals surface area contributed by atoms with E-state index in [0.29, 0.717) is 29.7 Å². The van der Waals surface area contributed by atoms with E-state index in [0.717, 1.165) is 64.5 Å². The zero-order chi connectivity index (χ0) is 34.1. The molecule has 0 aliphatic carbocycles. The summed E-state index contributed by atoms with van der Waals surface area (Å²) in [4.78, 5) is 28.9. The van der Waals surface area contributed by atoms with Gasteiger partial charge in [-0.3, -0.25) is 9.69 Å². The molecule has 3 heterocycles. The molecule has 2 aromatic heterocycles. The molecule has 2 atom stereocenters. The predicted molar refractivity (Wildman–Crippen MR) is 200 cm³/mol. The number of rotatable bonds is 9. The number of piperidine rings is 1. The molecule has 4 aromatic carbocycles. The van der Waals surface area contributed by atoms with Crippen molar-refractivity contribution in [1.82, 2.24) is 24.4 Å². The molecule has 0 spiro atoms. The number of nitrogens with one attached hydrogen (secondary N) is 1. The van der Waals surface area contributed by atoms with Gasteiger partial charge in [0, 0.05) is 37.2 Å². The molecular formula is C42H47N5O2. The Balaban J connectivity index is 1.25. The molecule has 7 rings (SSSR count). The van der Waals surface area contributed by atoms with Crippen LogP contribution < -0.4 is 10.3 Å². The first-order valence-corrected chi connectivity index (χ1v) is 17.7. The summed E-state index contributed by atoms with van der Waals surface area (Å²) in [5, 5.41) is 0. The molecule has 6 aromatic rings. The molecule has 1 aliphatic heterocycles. The minimum absolute atomic E-state index is 0.0818. The normalized spacial score (nSPS) is 17.2. The molecule has 1 fully saturated rings. The minimum atomic E-state index is -0.166. The fourth-order valence-electron chi connectivity index (χ4n) is 7.28. The number of aromatic nitrogens is 4. The number of hydrogen-bond donors (Lipinski definition) is 1. The van der Waals surface area contributed by atoms with Crippen molar-refractivity contribution >= 4 is 22.1 Å². The second-order valence-corrected chi connectivity index (χ2v) is 14.7. The van der Waals surface area contributed by atoms with Crippen molar-refractivity contribution in [3.8, 4) is 22.9 Å². The maximum Gasteiger partial charge on any atom is 0.270 e. The van der Waals surface area contributed by atoms with E-state index in [1.807, 2.05) is 60.7 Å². The molecule has 2 unspecified atom stereocenters. The molecule has 1 aliphatic rings. The SMILES string of the molecule is CC1CCCC(C)N1CCCn1c(-c2cccc(Oc3ccc(C(C)(C)C)cc3)c2)nc2cc3[nH]c(=O)c(Cc4ccccc4)nc3cc21. The average molecular weight is 654 g/mol. The van der Waals surface area contributed by atoms with Crippen molar-refractivity contribution in [1.29, 1.82) is 0 Å². The van der Waals surface area contributed by atoms with Gasteiger partial charge in [0.2, 0.25) is 0 Å². The second kappa shape index (κ2) is 13.6. The van der Waals surface area contributed by atoms with Gasteiger partial charge in [0.1, 0.15) is 23.0 Å². The van der Waals surface area contributed by atoms with Gasteiger partial charge >= 0.3 is 0 Å². The molecule has 0 saturated carbocycles. The van der Waals surface area contributed by atoms with E-state index in [2.05, 4.69) is 79.4 Å². The highest BCUT2D eigenvalue weighted by Crippen LogP contribution is 2.32. The van der Waals surface area contributed by atoms with Gasteiger partial charge in [-0.1, -0.05) is 81.8 Å². The first-order chi connectivity index (χ1) is 23.6. The van der Waals surface area contributed by atoms with Crippen molar-refractivity contribution in [2.45, 2.75) is 90.8 Å². The van der Waals surface area contributed by atoms with Crippen LogP contribution in [0.5, 0.6) is 11.5 Å². The van der Waals surface area contributed by atoms with E-state index in [1.165, 1.54) is 24.8 Å². The summed E-state index contributed by atoms with van der Waals surface area (Å²) in [6, 6.07) is 31.8. The van der Waals surface area contributed by atoms with Gasteiger partial charge in [0.05, 0.1) is 22.1 Å². The third-order valence-electron chi connectivity index (χ3n) is 10.1. The Morgan fingerprint density at radius 3 is 2.31 bits per heavy atom. The highest BCUT2D eigenvalue weighted by Gasteiger charge is 2.24. The van der Waals surface area contributed by atoms with Crippen LogP contribution in [-0.4, -0.2) is 43.0 Å². The maximum atomic E-state index is 13.1. The monoisotopic (exact) mass is 653 g/mol. The van der Waals surface area contributed by atoms with Crippen LogP contribution >= 0.6 is 0 Å². The quantitative estimate of drug-likeness (QED) is 0.168. The van der Waals surface area contributed by atoms with Gasteiger partial charge in [-0.2, -0.15) is 0 Å². The highest BCUT2D eigenvalue weighted by molar-refractivity contribution is 5.93. The van der Waals surface area contributed by atoms with Crippen molar-refractivity contribution in [3.05, 3.63) is 118 Å². The fraction of sp³-hybridized carbons (Fsp3) is 0.357. The summed E-state index contributed by atoms with van der Waals surface area (Å²) in [5.41, 5.74) is 7.03. The number of nitrogens with zero attached hydrogens (tertiary/aromatic N) is 4. The fourth-order valence-corrected chi connectivity index (χ4v) is 7.28. The van der Waals surface area contributed by atoms with Gasteiger partial charge < -0.3 is 14.3 Å². The summed E-state index contributed by atoms with van der Waals surface area (Å²) < 4.78 is 8.68. The lowest BCUT2D eigenvalue weighted by molar-refractivity contribution is 0.101. The van der Waals surface area contributed by atoms with E-state index in [-0.39, 0.29) is 11.0 Å². The van der Waals surface area contributed by atoms with Gasteiger partial charge in [-0.05, 0) is 86.1 Å². The van der Waals surface area contributed by atoms with Crippen LogP contribution in [0.4, 0.5) is 0 Å². The topological polar surface area (TPSA) is 76.0 Å². The van der Waals surface area contributed by atoms with Crippen LogP contribution in [0.2, 0.25) is 0 Å². The summed E-state index contributed by atoms with van der Waals surface area (Å²) in [6.07, 6.45) is 5.31. The lowest BCUT2D eigenvalue weighted by Crippen LogP contribution is -2.44. The Labute approximate surface area is 289 Å². The molecule has 49 heavy (non-hydrogen) atoms. The van der Waals surface area contributed by atoms with Crippen molar-refractivity contribution in [2.75, 3.05) is 6.54 Å². The molecule has 0 radical (unpaired) electrons. The maximum absolute atomic E-state index is 13.1. The number of aryl methyl sites for hydroxylation is 1. The Morgan fingerprint density at radius 2 is 1.57 bits per heavy atom. The zero-order valence-corrected chi connectivity index (χ0v) is 29.4. The van der Waals surface area contributed by atoms with Gasteiger partial charge in [-0.15, -0.1) is 0 Å². The number of aromatic amines is 1.